The van der Waals surface area contributed by atoms with Crippen molar-refractivity contribution < 1.29 is 9.53 Å². The van der Waals surface area contributed by atoms with Crippen LogP contribution in [0.5, 0.6) is 0 Å². The van der Waals surface area contributed by atoms with Crippen LogP contribution in [-0.4, -0.2) is 22.7 Å². The van der Waals surface area contributed by atoms with E-state index in [4.69, 9.17) is 4.74 Å². The monoisotopic (exact) mass is 230 g/mol. The van der Waals surface area contributed by atoms with Crippen molar-refractivity contribution in [1.29, 1.82) is 0 Å². The standard InChI is InChI=1S/C13H14N2O2/c16-9-10-4-3-5-12-11(10)8-14-15(12)13-6-1-2-7-17-13/h3-5,8-9,13H,1-2,6-7H2/t13-/m1/s1. The Labute approximate surface area is 99.2 Å². The third-order valence-electron chi connectivity index (χ3n) is 3.23. The van der Waals surface area contributed by atoms with E-state index < -0.39 is 0 Å². The maximum absolute atomic E-state index is 10.9. The van der Waals surface area contributed by atoms with E-state index in [0.717, 1.165) is 36.6 Å². The molecule has 1 aliphatic rings. The predicted octanol–water partition coefficient (Wildman–Crippen LogP) is 2.55. The van der Waals surface area contributed by atoms with Gasteiger partial charge in [-0.2, -0.15) is 5.10 Å². The van der Waals surface area contributed by atoms with Crippen molar-refractivity contribution >= 4 is 17.2 Å². The van der Waals surface area contributed by atoms with E-state index in [0.29, 0.717) is 5.56 Å². The van der Waals surface area contributed by atoms with Gasteiger partial charge in [-0.1, -0.05) is 12.1 Å². The Morgan fingerprint density at radius 2 is 2.35 bits per heavy atom. The first-order chi connectivity index (χ1) is 8.40. The van der Waals surface area contributed by atoms with Gasteiger partial charge in [0.25, 0.3) is 0 Å². The first-order valence-electron chi connectivity index (χ1n) is 5.93. The molecule has 88 valence electrons. The van der Waals surface area contributed by atoms with Gasteiger partial charge in [-0.15, -0.1) is 0 Å². The third-order valence-corrected chi connectivity index (χ3v) is 3.23. The number of nitrogens with zero attached hydrogens (tertiary/aromatic N) is 2. The molecule has 1 fully saturated rings. The number of fused-ring (bicyclic) bond motifs is 1. The lowest BCUT2D eigenvalue weighted by Gasteiger charge is -2.23. The first-order valence-corrected chi connectivity index (χ1v) is 5.93. The lowest BCUT2D eigenvalue weighted by Crippen LogP contribution is -2.18. The molecule has 0 amide bonds. The van der Waals surface area contributed by atoms with Gasteiger partial charge >= 0.3 is 0 Å². The minimum absolute atomic E-state index is 0.0168. The Kier molecular flexibility index (Phi) is 2.65. The van der Waals surface area contributed by atoms with Crippen molar-refractivity contribution in [2.24, 2.45) is 0 Å². The van der Waals surface area contributed by atoms with Gasteiger partial charge in [0.2, 0.25) is 0 Å². The molecule has 0 N–H and O–H groups in total. The van der Waals surface area contributed by atoms with Crippen molar-refractivity contribution in [1.82, 2.24) is 9.78 Å². The van der Waals surface area contributed by atoms with Crippen LogP contribution in [0.3, 0.4) is 0 Å². The van der Waals surface area contributed by atoms with Crippen LogP contribution in [0, 0.1) is 0 Å². The van der Waals surface area contributed by atoms with Crippen LogP contribution >= 0.6 is 0 Å². The molecule has 0 aliphatic carbocycles. The zero-order valence-corrected chi connectivity index (χ0v) is 9.50. The van der Waals surface area contributed by atoms with Crippen LogP contribution in [0.25, 0.3) is 10.9 Å². The molecule has 0 saturated carbocycles. The summed E-state index contributed by atoms with van der Waals surface area (Å²) >= 11 is 0. The summed E-state index contributed by atoms with van der Waals surface area (Å²) in [6.45, 7) is 0.791. The molecule has 2 heterocycles. The molecule has 0 spiro atoms. The maximum atomic E-state index is 10.9. The summed E-state index contributed by atoms with van der Waals surface area (Å²) in [5.41, 5.74) is 1.66. The Morgan fingerprint density at radius 3 is 3.12 bits per heavy atom. The topological polar surface area (TPSA) is 44.1 Å². The largest absolute Gasteiger partial charge is 0.356 e. The van der Waals surface area contributed by atoms with Gasteiger partial charge in [-0.05, 0) is 25.3 Å². The quantitative estimate of drug-likeness (QED) is 0.745. The number of aromatic nitrogens is 2. The molecule has 0 unspecified atom stereocenters. The van der Waals surface area contributed by atoms with Gasteiger partial charge in [0.15, 0.2) is 12.5 Å². The van der Waals surface area contributed by atoms with Gasteiger partial charge in [0.05, 0.1) is 11.7 Å². The van der Waals surface area contributed by atoms with Crippen LogP contribution in [0.4, 0.5) is 0 Å². The molecule has 1 atom stereocenters. The minimum Gasteiger partial charge on any atom is -0.356 e. The zero-order chi connectivity index (χ0) is 11.7. The molecule has 3 rings (SSSR count). The number of ether oxygens (including phenoxy) is 1. The first kappa shape index (κ1) is 10.5. The van der Waals surface area contributed by atoms with E-state index >= 15 is 0 Å². The number of carbonyl (C=O) groups is 1. The Bertz CT molecular complexity index is 541. The second-order valence-corrected chi connectivity index (χ2v) is 4.31. The average molecular weight is 230 g/mol. The van der Waals surface area contributed by atoms with Crippen LogP contribution in [0.15, 0.2) is 24.4 Å². The number of hydrogen-bond acceptors (Lipinski definition) is 3. The summed E-state index contributed by atoms with van der Waals surface area (Å²) in [7, 11) is 0. The van der Waals surface area contributed by atoms with Crippen molar-refractivity contribution in [3.05, 3.63) is 30.0 Å². The van der Waals surface area contributed by atoms with Gasteiger partial charge in [-0.25, -0.2) is 4.68 Å². The smallest absolute Gasteiger partial charge is 0.150 e. The fourth-order valence-electron chi connectivity index (χ4n) is 2.34. The molecule has 0 radical (unpaired) electrons. The van der Waals surface area contributed by atoms with Gasteiger partial charge in [-0.3, -0.25) is 4.79 Å². The summed E-state index contributed by atoms with van der Waals surface area (Å²) in [5.74, 6) is 0. The maximum Gasteiger partial charge on any atom is 0.150 e. The number of benzene rings is 1. The van der Waals surface area contributed by atoms with E-state index in [1.54, 1.807) is 6.20 Å². The Balaban J connectivity index is 2.08. The number of aldehydes is 1. The molecule has 4 nitrogen and oxygen atoms in total. The van der Waals surface area contributed by atoms with Crippen molar-refractivity contribution in [2.75, 3.05) is 6.61 Å². The fraction of sp³-hybridized carbons (Fsp3) is 0.385. The highest BCUT2D eigenvalue weighted by molar-refractivity contribution is 5.96. The van der Waals surface area contributed by atoms with E-state index in [2.05, 4.69) is 5.10 Å². The molecular formula is C13H14N2O2. The highest BCUT2D eigenvalue weighted by Crippen LogP contribution is 2.26. The van der Waals surface area contributed by atoms with Gasteiger partial charge in [0, 0.05) is 17.6 Å². The zero-order valence-electron chi connectivity index (χ0n) is 9.50. The molecular weight excluding hydrogens is 216 g/mol. The van der Waals surface area contributed by atoms with E-state index in [1.807, 2.05) is 22.9 Å². The molecule has 4 heteroatoms. The molecule has 17 heavy (non-hydrogen) atoms. The Hall–Kier alpha value is -1.68. The predicted molar refractivity (Wildman–Crippen MR) is 64.0 cm³/mol. The molecule has 2 aromatic rings. The average Bonchev–Trinajstić information content (AvgIpc) is 2.83. The van der Waals surface area contributed by atoms with E-state index in [1.165, 1.54) is 6.42 Å². The summed E-state index contributed by atoms with van der Waals surface area (Å²) in [6.07, 6.45) is 5.91. The summed E-state index contributed by atoms with van der Waals surface area (Å²) in [6, 6.07) is 5.67. The second kappa shape index (κ2) is 4.30. The van der Waals surface area contributed by atoms with Crippen LogP contribution in [0.1, 0.15) is 35.8 Å². The lowest BCUT2D eigenvalue weighted by atomic mass is 10.1. The molecule has 1 aromatic heterocycles. The molecule has 1 saturated heterocycles. The Morgan fingerprint density at radius 1 is 1.41 bits per heavy atom. The molecule has 1 aromatic carbocycles. The van der Waals surface area contributed by atoms with Crippen molar-refractivity contribution in [2.45, 2.75) is 25.5 Å². The van der Waals surface area contributed by atoms with Crippen molar-refractivity contribution in [3.8, 4) is 0 Å². The highest BCUT2D eigenvalue weighted by Gasteiger charge is 2.18. The third kappa shape index (κ3) is 1.74. The van der Waals surface area contributed by atoms with Crippen molar-refractivity contribution in [3.63, 3.8) is 0 Å². The van der Waals surface area contributed by atoms with E-state index in [-0.39, 0.29) is 6.23 Å². The number of rotatable bonds is 2. The molecule has 1 aliphatic heterocycles. The normalized spacial score (nSPS) is 20.6. The van der Waals surface area contributed by atoms with Gasteiger partial charge < -0.3 is 4.74 Å². The van der Waals surface area contributed by atoms with Gasteiger partial charge in [0.1, 0.15) is 0 Å². The summed E-state index contributed by atoms with van der Waals surface area (Å²) in [4.78, 5) is 10.9. The van der Waals surface area contributed by atoms with Crippen LogP contribution < -0.4 is 0 Å². The fourth-order valence-corrected chi connectivity index (χ4v) is 2.34. The minimum atomic E-state index is 0.0168. The summed E-state index contributed by atoms with van der Waals surface area (Å²) in [5, 5.41) is 5.26. The summed E-state index contributed by atoms with van der Waals surface area (Å²) < 4.78 is 7.61. The SMILES string of the molecule is O=Cc1cccc2c1cnn2[C@H]1CCCCO1. The highest BCUT2D eigenvalue weighted by atomic mass is 16.5. The van der Waals surface area contributed by atoms with Crippen LogP contribution in [0.2, 0.25) is 0 Å². The second-order valence-electron chi connectivity index (χ2n) is 4.31. The van der Waals surface area contributed by atoms with E-state index in [9.17, 15) is 4.79 Å². The molecule has 0 bridgehead atoms. The number of hydrogen-bond donors (Lipinski definition) is 0. The lowest BCUT2D eigenvalue weighted by molar-refractivity contribution is -0.0366. The van der Waals surface area contributed by atoms with Crippen LogP contribution in [-0.2, 0) is 4.74 Å². The number of carbonyl (C=O) groups excluding carboxylic acids is 1.